The fourth-order valence-electron chi connectivity index (χ4n) is 1.88. The molecule has 3 nitrogen and oxygen atoms in total. The highest BCUT2D eigenvalue weighted by molar-refractivity contribution is 14.1. The van der Waals surface area contributed by atoms with E-state index in [1.54, 1.807) is 27.9 Å². The first kappa shape index (κ1) is 11.6. The molecule has 14 heavy (non-hydrogen) atoms. The highest BCUT2D eigenvalue weighted by Crippen LogP contribution is 2.23. The van der Waals surface area contributed by atoms with Crippen LogP contribution in [0.5, 0.6) is 0 Å². The normalized spacial score (nSPS) is 17.1. The Balaban J connectivity index is 2.56. The highest BCUT2D eigenvalue weighted by atomic mass is 127. The molecule has 0 radical (unpaired) electrons. The van der Waals surface area contributed by atoms with Gasteiger partial charge in [0.2, 0.25) is 0 Å². The van der Waals surface area contributed by atoms with Crippen molar-refractivity contribution in [3.8, 4) is 12.3 Å². The van der Waals surface area contributed by atoms with E-state index in [9.17, 15) is 4.79 Å². The molecule has 1 fully saturated rings. The predicted octanol–water partition coefficient (Wildman–Crippen LogP) is 2.74. The van der Waals surface area contributed by atoms with Gasteiger partial charge in [0.15, 0.2) is 23.0 Å². The van der Waals surface area contributed by atoms with Crippen molar-refractivity contribution in [1.29, 1.82) is 0 Å². The molecule has 0 aromatic rings. The minimum atomic E-state index is -0.310. The van der Waals surface area contributed by atoms with Gasteiger partial charge in [-0.25, -0.2) is 4.79 Å². The van der Waals surface area contributed by atoms with Gasteiger partial charge >= 0.3 is 6.09 Å². The van der Waals surface area contributed by atoms with Crippen LogP contribution >= 0.6 is 23.0 Å². The second-order valence-corrected chi connectivity index (χ2v) is 3.91. The van der Waals surface area contributed by atoms with Crippen LogP contribution in [0.15, 0.2) is 0 Å². The molecule has 0 unspecified atom stereocenters. The Labute approximate surface area is 98.9 Å². The van der Waals surface area contributed by atoms with Crippen LogP contribution in [0.1, 0.15) is 32.1 Å². The van der Waals surface area contributed by atoms with Crippen molar-refractivity contribution in [3.63, 3.8) is 0 Å². The van der Waals surface area contributed by atoms with Crippen LogP contribution in [0.4, 0.5) is 4.79 Å². The van der Waals surface area contributed by atoms with Crippen LogP contribution in [0, 0.1) is 12.3 Å². The lowest BCUT2D eigenvalue weighted by atomic mass is 9.94. The highest BCUT2D eigenvalue weighted by Gasteiger charge is 2.25. The van der Waals surface area contributed by atoms with E-state index < -0.39 is 0 Å². The van der Waals surface area contributed by atoms with E-state index in [1.807, 2.05) is 0 Å². The van der Waals surface area contributed by atoms with Crippen LogP contribution in [0.2, 0.25) is 0 Å². The maximum Gasteiger partial charge on any atom is 0.420 e. The lowest BCUT2D eigenvalue weighted by Gasteiger charge is -2.31. The zero-order valence-corrected chi connectivity index (χ0v) is 10.2. The van der Waals surface area contributed by atoms with Gasteiger partial charge < -0.3 is 3.07 Å². The van der Waals surface area contributed by atoms with E-state index in [-0.39, 0.29) is 12.1 Å². The topological polar surface area (TPSA) is 29.5 Å². The van der Waals surface area contributed by atoms with Crippen molar-refractivity contribution in [2.24, 2.45) is 0 Å². The molecular weight excluding hydrogens is 293 g/mol. The summed E-state index contributed by atoms with van der Waals surface area (Å²) >= 11 is 1.60. The number of amides is 1. The lowest BCUT2D eigenvalue weighted by Crippen LogP contribution is -2.41. The number of hydrogen-bond acceptors (Lipinski definition) is 2. The summed E-state index contributed by atoms with van der Waals surface area (Å²) in [6.07, 6.45) is 10.6. The van der Waals surface area contributed by atoms with Crippen molar-refractivity contribution in [1.82, 2.24) is 4.90 Å². The van der Waals surface area contributed by atoms with Gasteiger partial charge in [0.25, 0.3) is 0 Å². The molecule has 0 spiro atoms. The fraction of sp³-hybridized carbons (Fsp3) is 0.700. The standard InChI is InChI=1S/C10H14INO2/c1-2-8-12(10(13)14-11)9-6-4-3-5-7-9/h1,9H,3-8H2. The van der Waals surface area contributed by atoms with E-state index in [4.69, 9.17) is 6.42 Å². The molecule has 78 valence electrons. The minimum absolute atomic E-state index is 0.280. The number of hydrogen-bond donors (Lipinski definition) is 0. The molecule has 0 aliphatic heterocycles. The van der Waals surface area contributed by atoms with Crippen LogP contribution in [-0.4, -0.2) is 23.6 Å². The second kappa shape index (κ2) is 6.12. The average molecular weight is 307 g/mol. The summed E-state index contributed by atoms with van der Waals surface area (Å²) in [6.45, 7) is 0.354. The first-order valence-corrected chi connectivity index (χ1v) is 5.70. The Hall–Kier alpha value is -0.440. The summed E-state index contributed by atoms with van der Waals surface area (Å²) < 4.78 is 4.68. The van der Waals surface area contributed by atoms with E-state index in [0.717, 1.165) is 12.8 Å². The second-order valence-electron chi connectivity index (χ2n) is 3.47. The van der Waals surface area contributed by atoms with Crippen LogP contribution in [-0.2, 0) is 3.07 Å². The van der Waals surface area contributed by atoms with Gasteiger partial charge in [-0.05, 0) is 12.8 Å². The summed E-state index contributed by atoms with van der Waals surface area (Å²) in [7, 11) is 0. The summed E-state index contributed by atoms with van der Waals surface area (Å²) in [5, 5.41) is 0. The third-order valence-corrected chi connectivity index (χ3v) is 2.95. The molecular formula is C10H14INO2. The Morgan fingerprint density at radius 3 is 2.64 bits per heavy atom. The number of terminal acetylenes is 1. The van der Waals surface area contributed by atoms with Crippen molar-refractivity contribution < 1.29 is 7.86 Å². The fourth-order valence-corrected chi connectivity index (χ4v) is 2.13. The molecule has 0 heterocycles. The first-order chi connectivity index (χ1) is 6.79. The first-order valence-electron chi connectivity index (χ1n) is 4.82. The SMILES string of the molecule is C#CCN(C(=O)OI)C1CCCCC1. The number of carbonyl (C=O) groups excluding carboxylic acids is 1. The van der Waals surface area contributed by atoms with Gasteiger partial charge in [-0.15, -0.1) is 6.42 Å². The third kappa shape index (κ3) is 3.05. The molecule has 1 rings (SSSR count). The van der Waals surface area contributed by atoms with Gasteiger partial charge in [0, 0.05) is 6.04 Å². The van der Waals surface area contributed by atoms with Gasteiger partial charge in [-0.1, -0.05) is 25.2 Å². The molecule has 1 aliphatic carbocycles. The summed E-state index contributed by atoms with van der Waals surface area (Å²) in [6, 6.07) is 0.280. The number of rotatable bonds is 2. The Kier molecular flexibility index (Phi) is 5.09. The summed E-state index contributed by atoms with van der Waals surface area (Å²) in [5.41, 5.74) is 0. The molecule has 0 aromatic heterocycles. The number of halogens is 1. The molecule has 0 saturated heterocycles. The van der Waals surface area contributed by atoms with E-state index in [2.05, 4.69) is 8.99 Å². The van der Waals surface area contributed by atoms with Crippen LogP contribution in [0.3, 0.4) is 0 Å². The van der Waals surface area contributed by atoms with Crippen LogP contribution < -0.4 is 0 Å². The quantitative estimate of drug-likeness (QED) is 0.580. The zero-order valence-electron chi connectivity index (χ0n) is 8.04. The molecule has 0 bridgehead atoms. The summed E-state index contributed by atoms with van der Waals surface area (Å²) in [5.74, 6) is 2.50. The maximum absolute atomic E-state index is 11.4. The van der Waals surface area contributed by atoms with E-state index >= 15 is 0 Å². The lowest BCUT2D eigenvalue weighted by molar-refractivity contribution is 0.138. The molecule has 1 saturated carbocycles. The molecule has 4 heteroatoms. The maximum atomic E-state index is 11.4. The average Bonchev–Trinajstić information content (AvgIpc) is 2.26. The molecule has 1 amide bonds. The molecule has 0 aromatic carbocycles. The summed E-state index contributed by atoms with van der Waals surface area (Å²) in [4.78, 5) is 13.1. The van der Waals surface area contributed by atoms with Gasteiger partial charge in [0.05, 0.1) is 6.54 Å². The Morgan fingerprint density at radius 2 is 2.14 bits per heavy atom. The largest absolute Gasteiger partial charge is 0.420 e. The van der Waals surface area contributed by atoms with Crippen molar-refractivity contribution in [3.05, 3.63) is 0 Å². The van der Waals surface area contributed by atoms with Crippen molar-refractivity contribution in [2.45, 2.75) is 38.1 Å². The van der Waals surface area contributed by atoms with Gasteiger partial charge in [-0.3, -0.25) is 4.90 Å². The molecule has 0 N–H and O–H groups in total. The van der Waals surface area contributed by atoms with E-state index in [0.29, 0.717) is 6.54 Å². The monoisotopic (exact) mass is 307 g/mol. The van der Waals surface area contributed by atoms with E-state index in [1.165, 1.54) is 19.3 Å². The number of nitrogens with zero attached hydrogens (tertiary/aromatic N) is 1. The molecule has 0 atom stereocenters. The van der Waals surface area contributed by atoms with Crippen LogP contribution in [0.25, 0.3) is 0 Å². The number of carbonyl (C=O) groups is 1. The zero-order chi connectivity index (χ0) is 10.4. The van der Waals surface area contributed by atoms with Gasteiger partial charge in [-0.2, -0.15) is 0 Å². The van der Waals surface area contributed by atoms with Gasteiger partial charge in [0.1, 0.15) is 0 Å². The smallest absolute Gasteiger partial charge is 0.378 e. The minimum Gasteiger partial charge on any atom is -0.378 e. The van der Waals surface area contributed by atoms with Crippen molar-refractivity contribution >= 4 is 29.1 Å². The predicted molar refractivity (Wildman–Crippen MR) is 62.9 cm³/mol. The Bertz CT molecular complexity index is 231. The Morgan fingerprint density at radius 1 is 1.50 bits per heavy atom. The third-order valence-electron chi connectivity index (χ3n) is 2.58. The van der Waals surface area contributed by atoms with Crippen molar-refractivity contribution in [2.75, 3.05) is 6.54 Å². The molecule has 1 aliphatic rings.